The molecule has 164 valence electrons. The Labute approximate surface area is 190 Å². The van der Waals surface area contributed by atoms with Crippen molar-refractivity contribution in [2.24, 2.45) is 0 Å². The maximum absolute atomic E-state index is 13.2. The van der Waals surface area contributed by atoms with E-state index in [0.29, 0.717) is 33.3 Å². The van der Waals surface area contributed by atoms with E-state index >= 15 is 0 Å². The summed E-state index contributed by atoms with van der Waals surface area (Å²) in [4.78, 5) is 33.1. The molecule has 1 aliphatic heterocycles. The molecular formula is C24H23N3O4S. The molecule has 2 amide bonds. The van der Waals surface area contributed by atoms with Gasteiger partial charge in [-0.3, -0.25) is 9.59 Å². The molecule has 0 bridgehead atoms. The Hall–Kier alpha value is -3.52. The molecule has 0 atom stereocenters. The Bertz CT molecular complexity index is 1200. The third-order valence-corrected chi connectivity index (χ3v) is 6.15. The van der Waals surface area contributed by atoms with Crippen LogP contribution in [0.25, 0.3) is 0 Å². The molecule has 2 heterocycles. The van der Waals surface area contributed by atoms with Gasteiger partial charge in [0.2, 0.25) is 0 Å². The number of carbonyl (C=O) groups excluding carboxylic acids is 2. The minimum atomic E-state index is -0.287. The first kappa shape index (κ1) is 21.7. The van der Waals surface area contributed by atoms with Gasteiger partial charge in [0.15, 0.2) is 0 Å². The number of aromatic nitrogens is 1. The molecule has 0 saturated heterocycles. The van der Waals surface area contributed by atoms with E-state index in [4.69, 9.17) is 9.47 Å². The van der Waals surface area contributed by atoms with Crippen LogP contribution in [0.4, 0.5) is 11.4 Å². The van der Waals surface area contributed by atoms with Gasteiger partial charge < -0.3 is 19.7 Å². The molecule has 1 aliphatic rings. The van der Waals surface area contributed by atoms with E-state index in [1.54, 1.807) is 60.7 Å². The highest BCUT2D eigenvalue weighted by molar-refractivity contribution is 7.99. The summed E-state index contributed by atoms with van der Waals surface area (Å²) in [6.45, 7) is 3.93. The summed E-state index contributed by atoms with van der Waals surface area (Å²) >= 11 is 1.38. The van der Waals surface area contributed by atoms with E-state index in [2.05, 4.69) is 10.3 Å². The first-order valence-electron chi connectivity index (χ1n) is 10.1. The van der Waals surface area contributed by atoms with Gasteiger partial charge in [-0.25, -0.2) is 4.98 Å². The Morgan fingerprint density at radius 2 is 1.91 bits per heavy atom. The van der Waals surface area contributed by atoms with E-state index in [-0.39, 0.29) is 17.9 Å². The lowest BCUT2D eigenvalue weighted by molar-refractivity contribution is 0.0976. The number of carbonyl (C=O) groups is 2. The Morgan fingerprint density at radius 3 is 2.62 bits per heavy atom. The van der Waals surface area contributed by atoms with Crippen LogP contribution in [-0.4, -0.2) is 37.1 Å². The van der Waals surface area contributed by atoms with Crippen molar-refractivity contribution in [3.8, 4) is 11.5 Å². The fraction of sp³-hybridized carbons (Fsp3) is 0.208. The van der Waals surface area contributed by atoms with E-state index in [0.717, 1.165) is 10.6 Å². The van der Waals surface area contributed by atoms with Crippen molar-refractivity contribution < 1.29 is 19.1 Å². The molecule has 8 heteroatoms. The number of anilines is 2. The van der Waals surface area contributed by atoms with Gasteiger partial charge >= 0.3 is 0 Å². The zero-order valence-corrected chi connectivity index (χ0v) is 19.0. The molecule has 0 unspecified atom stereocenters. The second-order valence-corrected chi connectivity index (χ2v) is 8.46. The summed E-state index contributed by atoms with van der Waals surface area (Å²) < 4.78 is 10.6. The van der Waals surface area contributed by atoms with Crippen molar-refractivity contribution in [2.45, 2.75) is 29.8 Å². The maximum atomic E-state index is 13.2. The number of fused-ring (bicyclic) bond motifs is 2. The van der Waals surface area contributed by atoms with Crippen molar-refractivity contribution in [2.75, 3.05) is 24.4 Å². The van der Waals surface area contributed by atoms with Gasteiger partial charge in [0.1, 0.15) is 16.5 Å². The van der Waals surface area contributed by atoms with Crippen molar-refractivity contribution in [3.63, 3.8) is 0 Å². The summed E-state index contributed by atoms with van der Waals surface area (Å²) in [5.74, 6) is 0.738. The molecule has 1 N–H and O–H groups in total. The molecule has 0 saturated carbocycles. The van der Waals surface area contributed by atoms with Crippen LogP contribution in [0.5, 0.6) is 11.5 Å². The Morgan fingerprint density at radius 1 is 1.09 bits per heavy atom. The van der Waals surface area contributed by atoms with Gasteiger partial charge in [-0.05, 0) is 56.3 Å². The van der Waals surface area contributed by atoms with Crippen LogP contribution >= 0.6 is 11.8 Å². The van der Waals surface area contributed by atoms with Gasteiger partial charge in [0.05, 0.1) is 31.2 Å². The second-order valence-electron chi connectivity index (χ2n) is 7.43. The number of nitrogens with one attached hydrogen (secondary N) is 1. The van der Waals surface area contributed by atoms with Gasteiger partial charge in [-0.1, -0.05) is 11.8 Å². The predicted molar refractivity (Wildman–Crippen MR) is 124 cm³/mol. The van der Waals surface area contributed by atoms with Gasteiger partial charge in [-0.2, -0.15) is 0 Å². The molecule has 7 nitrogen and oxygen atoms in total. The molecule has 0 spiro atoms. The summed E-state index contributed by atoms with van der Waals surface area (Å²) in [5.41, 5.74) is 2.31. The van der Waals surface area contributed by atoms with Crippen LogP contribution in [0.1, 0.15) is 34.6 Å². The van der Waals surface area contributed by atoms with Crippen LogP contribution in [0.15, 0.2) is 64.6 Å². The number of hydrogen-bond acceptors (Lipinski definition) is 6. The minimum Gasteiger partial charge on any atom is -0.497 e. The molecular weight excluding hydrogens is 426 g/mol. The molecule has 0 aliphatic carbocycles. The van der Waals surface area contributed by atoms with Crippen LogP contribution in [0, 0.1) is 0 Å². The number of methoxy groups -OCH3 is 2. The molecule has 0 fully saturated rings. The van der Waals surface area contributed by atoms with Crippen molar-refractivity contribution >= 4 is 35.0 Å². The van der Waals surface area contributed by atoms with Crippen molar-refractivity contribution in [3.05, 3.63) is 65.9 Å². The standard InChI is InChI=1S/C24H23N3O4S/c1-14(2)27-19-10-7-15(12-21(19)32-23-17(24(27)29)6-5-11-25-23)22(28)26-18-9-8-16(30-3)13-20(18)31-4/h5-14H,1-4H3,(H,26,28). The smallest absolute Gasteiger partial charge is 0.261 e. The molecule has 32 heavy (non-hydrogen) atoms. The third-order valence-electron chi connectivity index (χ3n) is 5.08. The van der Waals surface area contributed by atoms with Crippen molar-refractivity contribution in [1.82, 2.24) is 4.98 Å². The summed E-state index contributed by atoms with van der Waals surface area (Å²) in [6.07, 6.45) is 1.66. The van der Waals surface area contributed by atoms with Crippen LogP contribution in [-0.2, 0) is 0 Å². The average molecular weight is 450 g/mol. The van der Waals surface area contributed by atoms with Crippen LogP contribution < -0.4 is 19.7 Å². The van der Waals surface area contributed by atoms with E-state index in [9.17, 15) is 9.59 Å². The Balaban J connectivity index is 1.70. The van der Waals surface area contributed by atoms with Gasteiger partial charge in [0, 0.05) is 28.8 Å². The third kappa shape index (κ3) is 4.01. The first-order valence-corrected chi connectivity index (χ1v) is 10.9. The lowest BCUT2D eigenvalue weighted by atomic mass is 10.1. The van der Waals surface area contributed by atoms with E-state index in [1.165, 1.54) is 18.9 Å². The minimum absolute atomic E-state index is 0.0590. The SMILES string of the molecule is COc1ccc(NC(=O)c2ccc3c(c2)Sc2ncccc2C(=O)N3C(C)C)c(OC)c1. The lowest BCUT2D eigenvalue weighted by Gasteiger charge is -2.27. The molecule has 0 radical (unpaired) electrons. The first-order chi connectivity index (χ1) is 15.4. The highest BCUT2D eigenvalue weighted by Gasteiger charge is 2.30. The lowest BCUT2D eigenvalue weighted by Crippen LogP contribution is -2.37. The second kappa shape index (κ2) is 8.92. The number of nitrogens with zero attached hydrogens (tertiary/aromatic N) is 2. The van der Waals surface area contributed by atoms with Crippen molar-refractivity contribution in [1.29, 1.82) is 0 Å². The van der Waals surface area contributed by atoms with E-state index in [1.807, 2.05) is 19.9 Å². The fourth-order valence-corrected chi connectivity index (χ4v) is 4.57. The summed E-state index contributed by atoms with van der Waals surface area (Å²) in [7, 11) is 3.10. The maximum Gasteiger partial charge on any atom is 0.261 e. The normalized spacial score (nSPS) is 12.7. The van der Waals surface area contributed by atoms with Gasteiger partial charge in [-0.15, -0.1) is 0 Å². The summed E-state index contributed by atoms with van der Waals surface area (Å²) in [6, 6.07) is 14.0. The van der Waals surface area contributed by atoms with Crippen LogP contribution in [0.2, 0.25) is 0 Å². The number of hydrogen-bond donors (Lipinski definition) is 1. The number of ether oxygens (including phenoxy) is 2. The van der Waals surface area contributed by atoms with Crippen LogP contribution in [0.3, 0.4) is 0 Å². The molecule has 3 aromatic rings. The van der Waals surface area contributed by atoms with Gasteiger partial charge in [0.25, 0.3) is 11.8 Å². The topological polar surface area (TPSA) is 80.8 Å². The fourth-order valence-electron chi connectivity index (χ4n) is 3.52. The largest absolute Gasteiger partial charge is 0.497 e. The number of rotatable bonds is 5. The zero-order valence-electron chi connectivity index (χ0n) is 18.2. The Kier molecular flexibility index (Phi) is 6.05. The monoisotopic (exact) mass is 449 g/mol. The molecule has 1 aromatic heterocycles. The quantitative estimate of drug-likeness (QED) is 0.599. The number of benzene rings is 2. The average Bonchev–Trinajstić information content (AvgIpc) is 2.92. The predicted octanol–water partition coefficient (Wildman–Crippen LogP) is 4.87. The zero-order chi connectivity index (χ0) is 22.8. The molecule has 2 aromatic carbocycles. The molecule has 4 rings (SSSR count). The van der Waals surface area contributed by atoms with E-state index < -0.39 is 0 Å². The summed E-state index contributed by atoms with van der Waals surface area (Å²) in [5, 5.41) is 3.51. The highest BCUT2D eigenvalue weighted by atomic mass is 32.2. The number of amides is 2. The highest BCUT2D eigenvalue weighted by Crippen LogP contribution is 2.41. The number of pyridine rings is 1.